The molecule has 17 heavy (non-hydrogen) atoms. The van der Waals surface area contributed by atoms with Gasteiger partial charge in [0, 0.05) is 12.0 Å². The number of rotatable bonds is 2. The molecule has 1 aromatic rings. The van der Waals surface area contributed by atoms with Crippen LogP contribution in [0.25, 0.3) is 0 Å². The SMILES string of the molecule is O=C1CCCc2ccc(NN3C=NCC3)cc21. The molecular weight excluding hydrogens is 214 g/mol. The summed E-state index contributed by atoms with van der Waals surface area (Å²) in [7, 11) is 0. The fourth-order valence-corrected chi connectivity index (χ4v) is 2.33. The van der Waals surface area contributed by atoms with Crippen LogP contribution in [0.2, 0.25) is 0 Å². The molecule has 0 amide bonds. The van der Waals surface area contributed by atoms with E-state index in [9.17, 15) is 4.79 Å². The maximum Gasteiger partial charge on any atom is 0.163 e. The third kappa shape index (κ3) is 2.02. The average molecular weight is 229 g/mol. The number of aliphatic imine (C=N–C) groups is 1. The van der Waals surface area contributed by atoms with E-state index >= 15 is 0 Å². The fourth-order valence-electron chi connectivity index (χ4n) is 2.33. The highest BCUT2D eigenvalue weighted by molar-refractivity contribution is 5.99. The highest BCUT2D eigenvalue weighted by atomic mass is 16.1. The van der Waals surface area contributed by atoms with E-state index in [1.807, 2.05) is 17.1 Å². The molecule has 0 spiro atoms. The third-order valence-electron chi connectivity index (χ3n) is 3.22. The predicted molar refractivity (Wildman–Crippen MR) is 67.4 cm³/mol. The molecule has 0 radical (unpaired) electrons. The molecule has 2 aliphatic rings. The number of hydrogen-bond donors (Lipinski definition) is 1. The third-order valence-corrected chi connectivity index (χ3v) is 3.22. The van der Waals surface area contributed by atoms with Crippen LogP contribution in [0.15, 0.2) is 23.2 Å². The lowest BCUT2D eigenvalue weighted by molar-refractivity contribution is 0.0972. The van der Waals surface area contributed by atoms with Gasteiger partial charge in [-0.05, 0) is 30.5 Å². The summed E-state index contributed by atoms with van der Waals surface area (Å²) >= 11 is 0. The smallest absolute Gasteiger partial charge is 0.163 e. The van der Waals surface area contributed by atoms with Crippen molar-refractivity contribution in [3.63, 3.8) is 0 Å². The van der Waals surface area contributed by atoms with Gasteiger partial charge in [0.1, 0.15) is 6.34 Å². The van der Waals surface area contributed by atoms with Gasteiger partial charge in [-0.2, -0.15) is 0 Å². The molecule has 0 atom stereocenters. The van der Waals surface area contributed by atoms with Crippen LogP contribution in [0.5, 0.6) is 0 Å². The Morgan fingerprint density at radius 1 is 1.29 bits per heavy atom. The molecule has 0 saturated heterocycles. The van der Waals surface area contributed by atoms with Crippen molar-refractivity contribution in [2.75, 3.05) is 18.5 Å². The number of carbonyl (C=O) groups excluding carboxylic acids is 1. The fraction of sp³-hybridized carbons (Fsp3) is 0.385. The Labute approximate surface area is 100 Å². The Balaban J connectivity index is 1.84. The van der Waals surface area contributed by atoms with Gasteiger partial charge in [0.15, 0.2) is 5.78 Å². The van der Waals surface area contributed by atoms with E-state index in [-0.39, 0.29) is 5.78 Å². The summed E-state index contributed by atoms with van der Waals surface area (Å²) in [6.45, 7) is 1.71. The second-order valence-corrected chi connectivity index (χ2v) is 4.48. The number of nitrogens with zero attached hydrogens (tertiary/aromatic N) is 2. The molecule has 1 N–H and O–H groups in total. The standard InChI is InChI=1S/C13H15N3O/c17-13-3-1-2-10-4-5-11(8-12(10)13)15-16-7-6-14-9-16/h4-5,8-9,15H,1-3,6-7H2. The first kappa shape index (κ1) is 10.3. The van der Waals surface area contributed by atoms with Crippen LogP contribution in [0.4, 0.5) is 5.69 Å². The van der Waals surface area contributed by atoms with Crippen molar-refractivity contribution in [3.05, 3.63) is 29.3 Å². The van der Waals surface area contributed by atoms with Crippen molar-refractivity contribution < 1.29 is 4.79 Å². The highest BCUT2D eigenvalue weighted by Crippen LogP contribution is 2.24. The van der Waals surface area contributed by atoms with Gasteiger partial charge in [0.05, 0.1) is 18.8 Å². The van der Waals surface area contributed by atoms with Crippen molar-refractivity contribution in [2.45, 2.75) is 19.3 Å². The molecular formula is C13H15N3O. The largest absolute Gasteiger partial charge is 0.297 e. The van der Waals surface area contributed by atoms with Gasteiger partial charge in [-0.15, -0.1) is 0 Å². The van der Waals surface area contributed by atoms with Crippen molar-refractivity contribution in [1.82, 2.24) is 5.01 Å². The van der Waals surface area contributed by atoms with E-state index in [0.29, 0.717) is 6.42 Å². The second kappa shape index (κ2) is 4.20. The van der Waals surface area contributed by atoms with Gasteiger partial charge < -0.3 is 0 Å². The van der Waals surface area contributed by atoms with Gasteiger partial charge in [0.2, 0.25) is 0 Å². The van der Waals surface area contributed by atoms with Crippen LogP contribution >= 0.6 is 0 Å². The molecule has 3 rings (SSSR count). The Morgan fingerprint density at radius 2 is 2.24 bits per heavy atom. The summed E-state index contributed by atoms with van der Waals surface area (Å²) in [5.74, 6) is 0.269. The number of anilines is 1. The van der Waals surface area contributed by atoms with Gasteiger partial charge in [0.25, 0.3) is 0 Å². The van der Waals surface area contributed by atoms with E-state index in [4.69, 9.17) is 0 Å². The molecule has 1 heterocycles. The summed E-state index contributed by atoms with van der Waals surface area (Å²) < 4.78 is 0. The first-order chi connectivity index (χ1) is 8.33. The van der Waals surface area contributed by atoms with Gasteiger partial charge in [-0.1, -0.05) is 6.07 Å². The molecule has 1 aromatic carbocycles. The van der Waals surface area contributed by atoms with E-state index in [1.165, 1.54) is 5.56 Å². The van der Waals surface area contributed by atoms with Crippen LogP contribution < -0.4 is 5.43 Å². The molecule has 1 aliphatic heterocycles. The summed E-state index contributed by atoms with van der Waals surface area (Å²) in [6, 6.07) is 6.05. The molecule has 0 aromatic heterocycles. The number of fused-ring (bicyclic) bond motifs is 1. The van der Waals surface area contributed by atoms with Gasteiger partial charge >= 0.3 is 0 Å². The minimum Gasteiger partial charge on any atom is -0.297 e. The van der Waals surface area contributed by atoms with Crippen molar-refractivity contribution in [3.8, 4) is 0 Å². The zero-order chi connectivity index (χ0) is 11.7. The molecule has 4 heteroatoms. The quantitative estimate of drug-likeness (QED) is 0.842. The summed E-state index contributed by atoms with van der Waals surface area (Å²) in [5, 5.41) is 1.94. The van der Waals surface area contributed by atoms with Crippen LogP contribution in [-0.2, 0) is 6.42 Å². The number of nitrogens with one attached hydrogen (secondary N) is 1. The van der Waals surface area contributed by atoms with E-state index in [0.717, 1.165) is 37.2 Å². The monoisotopic (exact) mass is 229 g/mol. The van der Waals surface area contributed by atoms with Crippen molar-refractivity contribution in [2.24, 2.45) is 4.99 Å². The minimum absolute atomic E-state index is 0.269. The average Bonchev–Trinajstić information content (AvgIpc) is 2.83. The number of hydrazine groups is 1. The van der Waals surface area contributed by atoms with Crippen LogP contribution in [-0.4, -0.2) is 30.2 Å². The molecule has 1 aliphatic carbocycles. The normalized spacial score (nSPS) is 18.4. The molecule has 0 saturated carbocycles. The Morgan fingerprint density at radius 3 is 3.06 bits per heavy atom. The lowest BCUT2D eigenvalue weighted by Gasteiger charge is -2.20. The highest BCUT2D eigenvalue weighted by Gasteiger charge is 2.17. The maximum atomic E-state index is 11.8. The first-order valence-corrected chi connectivity index (χ1v) is 6.02. The zero-order valence-corrected chi connectivity index (χ0v) is 9.65. The number of Topliss-reactive ketones (excluding diaryl/α,β-unsaturated/α-hetero) is 1. The number of hydrogen-bond acceptors (Lipinski definition) is 4. The maximum absolute atomic E-state index is 11.8. The Hall–Kier alpha value is -1.84. The Kier molecular flexibility index (Phi) is 2.55. The number of carbonyl (C=O) groups is 1. The first-order valence-electron chi connectivity index (χ1n) is 6.02. The Bertz CT molecular complexity index is 482. The molecule has 0 bridgehead atoms. The summed E-state index contributed by atoms with van der Waals surface area (Å²) in [6.07, 6.45) is 4.48. The van der Waals surface area contributed by atoms with Crippen LogP contribution in [0.3, 0.4) is 0 Å². The van der Waals surface area contributed by atoms with Crippen LogP contribution in [0, 0.1) is 0 Å². The number of aryl methyl sites for hydroxylation is 1. The molecule has 0 fully saturated rings. The second-order valence-electron chi connectivity index (χ2n) is 4.48. The molecule has 88 valence electrons. The minimum atomic E-state index is 0.269. The lowest BCUT2D eigenvalue weighted by atomic mass is 9.90. The van der Waals surface area contributed by atoms with Crippen LogP contribution in [0.1, 0.15) is 28.8 Å². The lowest BCUT2D eigenvalue weighted by Crippen LogP contribution is -2.26. The van der Waals surface area contributed by atoms with Gasteiger partial charge in [-0.25, -0.2) is 0 Å². The summed E-state index contributed by atoms with van der Waals surface area (Å²) in [4.78, 5) is 15.9. The number of benzene rings is 1. The topological polar surface area (TPSA) is 44.7 Å². The van der Waals surface area contributed by atoms with E-state index < -0.39 is 0 Å². The summed E-state index contributed by atoms with van der Waals surface area (Å²) in [5.41, 5.74) is 6.28. The van der Waals surface area contributed by atoms with Crippen molar-refractivity contribution in [1.29, 1.82) is 0 Å². The number of ketones is 1. The molecule has 0 unspecified atom stereocenters. The van der Waals surface area contributed by atoms with E-state index in [1.54, 1.807) is 6.34 Å². The van der Waals surface area contributed by atoms with Crippen molar-refractivity contribution >= 4 is 17.8 Å². The predicted octanol–water partition coefficient (Wildman–Crippen LogP) is 1.88. The zero-order valence-electron chi connectivity index (χ0n) is 9.65. The van der Waals surface area contributed by atoms with E-state index in [2.05, 4.69) is 16.5 Å². The van der Waals surface area contributed by atoms with Gasteiger partial charge in [-0.3, -0.25) is 20.2 Å². The molecule has 4 nitrogen and oxygen atoms in total.